The lowest BCUT2D eigenvalue weighted by Gasteiger charge is -2.18. The number of hydrogen-bond acceptors (Lipinski definition) is 6. The predicted octanol–water partition coefficient (Wildman–Crippen LogP) is 5.87. The zero-order valence-electron chi connectivity index (χ0n) is 21.3. The molecule has 200 valence electrons. The number of rotatable bonds is 7. The maximum atomic E-state index is 15.1. The number of amides is 2. The fourth-order valence-corrected chi connectivity index (χ4v) is 4.88. The van der Waals surface area contributed by atoms with Crippen LogP contribution in [0.25, 0.3) is 10.9 Å². The third-order valence-corrected chi connectivity index (χ3v) is 7.34. The number of nitrogens with one attached hydrogen (secondary N) is 2. The first-order chi connectivity index (χ1) is 18.6. The van der Waals surface area contributed by atoms with Crippen LogP contribution in [0.15, 0.2) is 66.9 Å². The van der Waals surface area contributed by atoms with Crippen LogP contribution in [0.4, 0.5) is 20.2 Å². The minimum atomic E-state index is -1.36. The Morgan fingerprint density at radius 3 is 2.13 bits per heavy atom. The highest BCUT2D eigenvalue weighted by Gasteiger charge is 2.69. The van der Waals surface area contributed by atoms with Crippen molar-refractivity contribution in [1.82, 2.24) is 4.98 Å². The first kappa shape index (κ1) is 25.9. The highest BCUT2D eigenvalue weighted by Crippen LogP contribution is 2.59. The molecular weight excluding hydrogens is 508 g/mol. The number of halogens is 2. The van der Waals surface area contributed by atoms with Gasteiger partial charge in [0.05, 0.1) is 12.6 Å². The number of ether oxygens (including phenoxy) is 2. The predicted molar refractivity (Wildman–Crippen MR) is 141 cm³/mol. The van der Waals surface area contributed by atoms with Crippen LogP contribution in [0, 0.1) is 28.9 Å². The molecule has 1 aromatic heterocycles. The molecule has 1 saturated carbocycles. The molecule has 1 fully saturated rings. The molecule has 3 atom stereocenters. The second kappa shape index (κ2) is 9.86. The summed E-state index contributed by atoms with van der Waals surface area (Å²) in [5.41, 5.74) is -0.423. The minimum Gasteiger partial charge on any atom is -0.504 e. The third-order valence-electron chi connectivity index (χ3n) is 7.34. The number of carbonyl (C=O) groups is 2. The summed E-state index contributed by atoms with van der Waals surface area (Å²) in [6.07, 6.45) is 1.46. The summed E-state index contributed by atoms with van der Waals surface area (Å²) in [4.78, 5) is 30.6. The number of carbonyl (C=O) groups excluding carboxylic acids is 2. The van der Waals surface area contributed by atoms with Crippen LogP contribution in [0.5, 0.6) is 23.0 Å². The lowest BCUT2D eigenvalue weighted by molar-refractivity contribution is -0.132. The summed E-state index contributed by atoms with van der Waals surface area (Å²) in [5, 5.41) is 15.8. The zero-order valence-corrected chi connectivity index (χ0v) is 21.3. The van der Waals surface area contributed by atoms with Crippen LogP contribution in [-0.2, 0) is 9.59 Å². The van der Waals surface area contributed by atoms with Crippen LogP contribution in [-0.4, -0.2) is 29.0 Å². The first-order valence-corrected chi connectivity index (χ1v) is 12.2. The van der Waals surface area contributed by atoms with Gasteiger partial charge in [0.25, 0.3) is 0 Å². The lowest BCUT2D eigenvalue weighted by atomic mass is 9.99. The summed E-state index contributed by atoms with van der Waals surface area (Å²) >= 11 is 0. The number of hydrogen-bond donors (Lipinski definition) is 3. The van der Waals surface area contributed by atoms with Crippen molar-refractivity contribution in [3.05, 3.63) is 78.5 Å². The van der Waals surface area contributed by atoms with E-state index in [1.807, 2.05) is 0 Å². The van der Waals surface area contributed by atoms with E-state index in [1.54, 1.807) is 19.9 Å². The molecule has 0 bridgehead atoms. The highest BCUT2D eigenvalue weighted by atomic mass is 19.1. The molecular formula is C29H25F2N3O5. The summed E-state index contributed by atoms with van der Waals surface area (Å²) in [6.45, 7) is 3.58. The summed E-state index contributed by atoms with van der Waals surface area (Å²) in [5.74, 6) is -2.51. The van der Waals surface area contributed by atoms with Gasteiger partial charge in [0.15, 0.2) is 23.1 Å². The van der Waals surface area contributed by atoms with Gasteiger partial charge in [0.2, 0.25) is 11.8 Å². The van der Waals surface area contributed by atoms with Crippen molar-refractivity contribution in [3.8, 4) is 23.0 Å². The van der Waals surface area contributed by atoms with Crippen LogP contribution in [0.1, 0.15) is 13.8 Å². The van der Waals surface area contributed by atoms with Gasteiger partial charge in [-0.05, 0) is 60.4 Å². The number of aromatic hydroxyl groups is 1. The maximum absolute atomic E-state index is 15.1. The molecule has 3 aromatic carbocycles. The molecule has 0 spiro atoms. The van der Waals surface area contributed by atoms with E-state index in [9.17, 15) is 19.1 Å². The van der Waals surface area contributed by atoms with E-state index >= 15 is 4.39 Å². The van der Waals surface area contributed by atoms with E-state index in [4.69, 9.17) is 9.47 Å². The number of anilines is 2. The van der Waals surface area contributed by atoms with Crippen LogP contribution >= 0.6 is 0 Å². The molecule has 10 heteroatoms. The molecule has 1 unspecified atom stereocenters. The van der Waals surface area contributed by atoms with Crippen LogP contribution in [0.3, 0.4) is 0 Å². The van der Waals surface area contributed by atoms with E-state index in [2.05, 4.69) is 15.6 Å². The van der Waals surface area contributed by atoms with Gasteiger partial charge in [-0.1, -0.05) is 13.8 Å². The molecule has 0 saturated heterocycles. The standard InChI is InChI=1S/C29H25F2N3O5/c1-15-16(2)29(15,27(36)33-18-6-4-17(30)5-7-18)28(37)34-19-8-9-25(21(31)12-19)39-24-10-11-32-22-14-23(35)26(38-3)13-20(22)24/h4-16,35H,1-3H3,(H,33,36)(H,34,37)/t15-,16+,29?. The molecule has 1 aliphatic rings. The number of nitrogens with zero attached hydrogens (tertiary/aromatic N) is 1. The highest BCUT2D eigenvalue weighted by molar-refractivity contribution is 6.17. The maximum Gasteiger partial charge on any atom is 0.240 e. The largest absolute Gasteiger partial charge is 0.504 e. The number of fused-ring (bicyclic) bond motifs is 1. The Morgan fingerprint density at radius 1 is 0.872 bits per heavy atom. The SMILES string of the molecule is COc1cc2c(Oc3ccc(NC(=O)C4(C(=O)Nc5ccc(F)cc5)[C@H](C)[C@@H]4C)cc3F)ccnc2cc1O. The molecule has 1 heterocycles. The van der Waals surface area contributed by atoms with E-state index in [1.165, 1.54) is 61.8 Å². The topological polar surface area (TPSA) is 110 Å². The van der Waals surface area contributed by atoms with Crippen molar-refractivity contribution in [1.29, 1.82) is 0 Å². The lowest BCUT2D eigenvalue weighted by Crippen LogP contribution is -2.38. The van der Waals surface area contributed by atoms with E-state index in [0.717, 1.165) is 6.07 Å². The summed E-state index contributed by atoms with van der Waals surface area (Å²) in [6, 6.07) is 13.7. The average molecular weight is 534 g/mol. The number of pyridine rings is 1. The molecule has 5 rings (SSSR count). The van der Waals surface area contributed by atoms with Gasteiger partial charge >= 0.3 is 0 Å². The van der Waals surface area contributed by atoms with Gasteiger partial charge in [-0.25, -0.2) is 8.78 Å². The number of phenols is 1. The van der Waals surface area contributed by atoms with Gasteiger partial charge in [0.1, 0.15) is 17.0 Å². The van der Waals surface area contributed by atoms with Crippen LogP contribution in [0.2, 0.25) is 0 Å². The molecule has 1 aliphatic carbocycles. The van der Waals surface area contributed by atoms with Crippen molar-refractivity contribution in [2.45, 2.75) is 13.8 Å². The fourth-order valence-electron chi connectivity index (χ4n) is 4.88. The van der Waals surface area contributed by atoms with Crippen molar-refractivity contribution in [3.63, 3.8) is 0 Å². The minimum absolute atomic E-state index is 0.0932. The monoisotopic (exact) mass is 533 g/mol. The van der Waals surface area contributed by atoms with Crippen molar-refractivity contribution >= 4 is 34.1 Å². The van der Waals surface area contributed by atoms with Crippen molar-refractivity contribution < 1.29 is 33.0 Å². The smallest absolute Gasteiger partial charge is 0.240 e. The molecule has 2 amide bonds. The van der Waals surface area contributed by atoms with Crippen LogP contribution < -0.4 is 20.1 Å². The number of methoxy groups -OCH3 is 1. The fraction of sp³-hybridized carbons (Fsp3) is 0.207. The molecule has 4 aromatic rings. The molecule has 0 radical (unpaired) electrons. The first-order valence-electron chi connectivity index (χ1n) is 12.2. The van der Waals surface area contributed by atoms with E-state index in [-0.39, 0.29) is 40.5 Å². The van der Waals surface area contributed by atoms with Crippen molar-refractivity contribution in [2.75, 3.05) is 17.7 Å². The second-order valence-corrected chi connectivity index (χ2v) is 9.46. The average Bonchev–Trinajstić information content (AvgIpc) is 3.47. The Labute approximate surface area is 222 Å². The van der Waals surface area contributed by atoms with Gasteiger partial charge in [-0.3, -0.25) is 14.6 Å². The second-order valence-electron chi connectivity index (χ2n) is 9.46. The number of aromatic nitrogens is 1. The molecule has 0 aliphatic heterocycles. The Hall–Kier alpha value is -4.73. The van der Waals surface area contributed by atoms with Gasteiger partial charge in [-0.2, -0.15) is 0 Å². The van der Waals surface area contributed by atoms with Gasteiger partial charge in [-0.15, -0.1) is 0 Å². The normalized spacial score (nSPS) is 19.8. The Bertz CT molecular complexity index is 1580. The Balaban J connectivity index is 1.35. The molecule has 3 N–H and O–H groups in total. The Kier molecular flexibility index (Phi) is 6.55. The van der Waals surface area contributed by atoms with E-state index < -0.39 is 28.9 Å². The summed E-state index contributed by atoms with van der Waals surface area (Å²) < 4.78 is 39.2. The quantitative estimate of drug-likeness (QED) is 0.257. The number of benzene rings is 3. The van der Waals surface area contributed by atoms with Crippen molar-refractivity contribution in [2.24, 2.45) is 17.3 Å². The summed E-state index contributed by atoms with van der Waals surface area (Å²) in [7, 11) is 1.41. The Morgan fingerprint density at radius 2 is 1.51 bits per heavy atom. The van der Waals surface area contributed by atoms with Gasteiger partial charge in [0, 0.05) is 35.1 Å². The van der Waals surface area contributed by atoms with E-state index in [0.29, 0.717) is 16.6 Å². The number of phenolic OH excluding ortho intramolecular Hbond substituents is 1. The molecule has 39 heavy (non-hydrogen) atoms. The molecule has 8 nitrogen and oxygen atoms in total. The van der Waals surface area contributed by atoms with Gasteiger partial charge < -0.3 is 25.2 Å². The third kappa shape index (κ3) is 4.58. The zero-order chi connectivity index (χ0) is 27.9.